The van der Waals surface area contributed by atoms with Gasteiger partial charge in [0, 0.05) is 18.3 Å². The number of hydrogen-bond acceptors (Lipinski definition) is 4. The van der Waals surface area contributed by atoms with Gasteiger partial charge in [0.05, 0.1) is 12.1 Å². The maximum absolute atomic E-state index is 12.8. The summed E-state index contributed by atoms with van der Waals surface area (Å²) in [5.41, 5.74) is 6.35. The van der Waals surface area contributed by atoms with Gasteiger partial charge in [0.25, 0.3) is 0 Å². The third-order valence-electron chi connectivity index (χ3n) is 4.06. The van der Waals surface area contributed by atoms with E-state index < -0.39 is 11.6 Å². The van der Waals surface area contributed by atoms with Crippen LogP contribution in [0.5, 0.6) is 0 Å². The molecule has 0 aliphatic heterocycles. The van der Waals surface area contributed by atoms with E-state index in [1.807, 2.05) is 48.5 Å². The molecule has 2 rings (SSSR count). The predicted octanol–water partition coefficient (Wildman–Crippen LogP) is 1.72. The first-order valence-corrected chi connectivity index (χ1v) is 8.63. The van der Waals surface area contributed by atoms with E-state index >= 15 is 0 Å². The van der Waals surface area contributed by atoms with Crippen molar-refractivity contribution >= 4 is 11.8 Å². The first-order valence-electron chi connectivity index (χ1n) is 8.63. The van der Waals surface area contributed by atoms with E-state index in [0.29, 0.717) is 6.42 Å². The average molecular weight is 354 g/mol. The van der Waals surface area contributed by atoms with Gasteiger partial charge in [-0.2, -0.15) is 0 Å². The number of aromatic nitrogens is 1. The quantitative estimate of drug-likeness (QED) is 0.705. The van der Waals surface area contributed by atoms with Crippen molar-refractivity contribution in [2.75, 3.05) is 0 Å². The van der Waals surface area contributed by atoms with Gasteiger partial charge in [-0.3, -0.25) is 14.6 Å². The van der Waals surface area contributed by atoms with Crippen LogP contribution in [0.4, 0.5) is 0 Å². The van der Waals surface area contributed by atoms with Gasteiger partial charge >= 0.3 is 0 Å². The molecule has 0 aliphatic carbocycles. The van der Waals surface area contributed by atoms with Gasteiger partial charge in [-0.1, -0.05) is 36.4 Å². The van der Waals surface area contributed by atoms with E-state index in [4.69, 9.17) is 5.73 Å². The summed E-state index contributed by atoms with van der Waals surface area (Å²) in [7, 11) is 0. The van der Waals surface area contributed by atoms with Crippen molar-refractivity contribution < 1.29 is 9.59 Å². The lowest BCUT2D eigenvalue weighted by Gasteiger charge is -2.29. The van der Waals surface area contributed by atoms with Gasteiger partial charge < -0.3 is 16.4 Å². The SMILES string of the molecule is CC(N)C(=O)NC(C)(C)C(=O)NC(Cc1ccccn1)c1ccccc1. The molecule has 1 heterocycles. The van der Waals surface area contributed by atoms with Crippen LogP contribution in [-0.2, 0) is 16.0 Å². The second-order valence-electron chi connectivity index (χ2n) is 6.86. The highest BCUT2D eigenvalue weighted by atomic mass is 16.2. The van der Waals surface area contributed by atoms with Crippen LogP contribution in [0.2, 0.25) is 0 Å². The van der Waals surface area contributed by atoms with Gasteiger partial charge in [-0.15, -0.1) is 0 Å². The van der Waals surface area contributed by atoms with Crippen molar-refractivity contribution in [2.24, 2.45) is 5.73 Å². The Balaban J connectivity index is 2.18. The molecule has 0 radical (unpaired) electrons. The number of hydrogen-bond donors (Lipinski definition) is 3. The van der Waals surface area contributed by atoms with Crippen molar-refractivity contribution in [3.63, 3.8) is 0 Å². The number of nitrogens with one attached hydrogen (secondary N) is 2. The summed E-state index contributed by atoms with van der Waals surface area (Å²) in [5.74, 6) is -0.651. The Hall–Kier alpha value is -2.73. The molecule has 1 aromatic carbocycles. The van der Waals surface area contributed by atoms with E-state index in [1.54, 1.807) is 27.0 Å². The van der Waals surface area contributed by atoms with Crippen LogP contribution in [-0.4, -0.2) is 28.4 Å². The topological polar surface area (TPSA) is 97.1 Å². The number of pyridine rings is 1. The molecule has 2 atom stereocenters. The van der Waals surface area contributed by atoms with Crippen LogP contribution in [0.15, 0.2) is 54.7 Å². The molecule has 26 heavy (non-hydrogen) atoms. The van der Waals surface area contributed by atoms with Crippen LogP contribution in [0.3, 0.4) is 0 Å². The van der Waals surface area contributed by atoms with Gasteiger partial charge in [0.1, 0.15) is 5.54 Å². The summed E-state index contributed by atoms with van der Waals surface area (Å²) in [6.07, 6.45) is 2.28. The maximum Gasteiger partial charge on any atom is 0.245 e. The number of carbonyl (C=O) groups excluding carboxylic acids is 2. The van der Waals surface area contributed by atoms with Gasteiger partial charge in [0.2, 0.25) is 11.8 Å². The zero-order valence-corrected chi connectivity index (χ0v) is 15.4. The smallest absolute Gasteiger partial charge is 0.245 e. The summed E-state index contributed by atoms with van der Waals surface area (Å²) in [6, 6.07) is 14.5. The van der Waals surface area contributed by atoms with E-state index in [2.05, 4.69) is 15.6 Å². The fraction of sp³-hybridized carbons (Fsp3) is 0.350. The molecule has 0 aliphatic rings. The van der Waals surface area contributed by atoms with Crippen molar-refractivity contribution in [1.82, 2.24) is 15.6 Å². The monoisotopic (exact) mass is 354 g/mol. The third-order valence-corrected chi connectivity index (χ3v) is 4.06. The maximum atomic E-state index is 12.8. The Morgan fingerprint density at radius 1 is 1.12 bits per heavy atom. The molecule has 2 aromatic rings. The molecule has 138 valence electrons. The molecule has 4 N–H and O–H groups in total. The highest BCUT2D eigenvalue weighted by Crippen LogP contribution is 2.18. The third kappa shape index (κ3) is 5.39. The molecule has 2 unspecified atom stereocenters. The van der Waals surface area contributed by atoms with E-state index in [-0.39, 0.29) is 17.9 Å². The van der Waals surface area contributed by atoms with Crippen molar-refractivity contribution in [1.29, 1.82) is 0 Å². The molecule has 6 heteroatoms. The minimum atomic E-state index is -1.08. The first kappa shape index (κ1) is 19.6. The van der Waals surface area contributed by atoms with Crippen LogP contribution in [0.25, 0.3) is 0 Å². The Labute approximate surface area is 154 Å². The second kappa shape index (κ2) is 8.58. The molecule has 0 spiro atoms. The Kier molecular flexibility index (Phi) is 6.46. The number of rotatable bonds is 7. The summed E-state index contributed by atoms with van der Waals surface area (Å²) in [4.78, 5) is 29.0. The minimum Gasteiger partial charge on any atom is -0.347 e. The van der Waals surface area contributed by atoms with Gasteiger partial charge in [-0.05, 0) is 38.5 Å². The number of nitrogens with zero attached hydrogens (tertiary/aromatic N) is 1. The lowest BCUT2D eigenvalue weighted by atomic mass is 9.98. The highest BCUT2D eigenvalue weighted by Gasteiger charge is 2.32. The summed E-state index contributed by atoms with van der Waals surface area (Å²) in [6.45, 7) is 4.90. The molecule has 0 saturated heterocycles. The molecule has 0 fully saturated rings. The molecular formula is C20H26N4O2. The Bertz CT molecular complexity index is 730. The summed E-state index contributed by atoms with van der Waals surface area (Å²) >= 11 is 0. The Morgan fingerprint density at radius 2 is 1.77 bits per heavy atom. The fourth-order valence-electron chi connectivity index (χ4n) is 2.48. The van der Waals surface area contributed by atoms with Gasteiger partial charge in [-0.25, -0.2) is 0 Å². The summed E-state index contributed by atoms with van der Waals surface area (Å²) in [5, 5.41) is 5.72. The molecule has 0 saturated carbocycles. The molecular weight excluding hydrogens is 328 g/mol. The number of benzene rings is 1. The number of amides is 2. The Morgan fingerprint density at radius 3 is 2.35 bits per heavy atom. The van der Waals surface area contributed by atoms with Gasteiger partial charge in [0.15, 0.2) is 0 Å². The summed E-state index contributed by atoms with van der Waals surface area (Å²) < 4.78 is 0. The lowest BCUT2D eigenvalue weighted by molar-refractivity contribution is -0.133. The van der Waals surface area contributed by atoms with Crippen LogP contribution in [0.1, 0.15) is 38.1 Å². The number of nitrogens with two attached hydrogens (primary N) is 1. The van der Waals surface area contributed by atoms with E-state index in [1.165, 1.54) is 0 Å². The van der Waals surface area contributed by atoms with Crippen molar-refractivity contribution in [2.45, 2.75) is 44.8 Å². The van der Waals surface area contributed by atoms with Crippen molar-refractivity contribution in [3.8, 4) is 0 Å². The minimum absolute atomic E-state index is 0.259. The molecule has 6 nitrogen and oxygen atoms in total. The standard InChI is InChI=1S/C20H26N4O2/c1-14(21)18(25)24-20(2,3)19(26)23-17(15-9-5-4-6-10-15)13-16-11-7-8-12-22-16/h4-12,14,17H,13,21H2,1-3H3,(H,23,26)(H,24,25). The lowest BCUT2D eigenvalue weighted by Crippen LogP contribution is -2.58. The van der Waals surface area contributed by atoms with Crippen LogP contribution >= 0.6 is 0 Å². The zero-order valence-electron chi connectivity index (χ0n) is 15.4. The predicted molar refractivity (Wildman–Crippen MR) is 101 cm³/mol. The van der Waals surface area contributed by atoms with Crippen LogP contribution < -0.4 is 16.4 Å². The number of carbonyl (C=O) groups is 2. The highest BCUT2D eigenvalue weighted by molar-refractivity contribution is 5.92. The molecule has 1 aromatic heterocycles. The molecule has 2 amide bonds. The van der Waals surface area contributed by atoms with E-state index in [9.17, 15) is 9.59 Å². The first-order chi connectivity index (χ1) is 12.3. The zero-order chi connectivity index (χ0) is 19.2. The van der Waals surface area contributed by atoms with E-state index in [0.717, 1.165) is 11.3 Å². The average Bonchev–Trinajstić information content (AvgIpc) is 2.62. The fourth-order valence-corrected chi connectivity index (χ4v) is 2.48. The largest absolute Gasteiger partial charge is 0.347 e. The van der Waals surface area contributed by atoms with Crippen molar-refractivity contribution in [3.05, 3.63) is 66.0 Å². The normalized spacial score (nSPS) is 13.5. The molecule has 0 bridgehead atoms. The second-order valence-corrected chi connectivity index (χ2v) is 6.86. The van der Waals surface area contributed by atoms with Crippen LogP contribution in [0, 0.1) is 0 Å².